The normalized spacial score (nSPS) is 15.1. The summed E-state index contributed by atoms with van der Waals surface area (Å²) in [6.07, 6.45) is 5.76. The molecule has 0 aliphatic heterocycles. The van der Waals surface area contributed by atoms with Crippen LogP contribution < -0.4 is 16.0 Å². The summed E-state index contributed by atoms with van der Waals surface area (Å²) in [5.74, 6) is 0.462. The minimum atomic E-state index is -3.30. The second-order valence-electron chi connectivity index (χ2n) is 8.12. The molecule has 2 heterocycles. The van der Waals surface area contributed by atoms with Crippen LogP contribution in [0.3, 0.4) is 0 Å². The van der Waals surface area contributed by atoms with E-state index in [9.17, 15) is 18.0 Å². The molecule has 3 aromatic rings. The Morgan fingerprint density at radius 1 is 1.13 bits per heavy atom. The summed E-state index contributed by atoms with van der Waals surface area (Å²) < 4.78 is 30.4. The third-order valence-corrected chi connectivity index (χ3v) is 7.38. The fourth-order valence-electron chi connectivity index (χ4n) is 4.19. The Kier molecular flexibility index (Phi) is 6.10. The van der Waals surface area contributed by atoms with Gasteiger partial charge < -0.3 is 4.57 Å². The highest BCUT2D eigenvalue weighted by Crippen LogP contribution is 2.25. The fourth-order valence-corrected chi connectivity index (χ4v) is 5.65. The Balaban J connectivity index is 1.46. The molecule has 0 spiro atoms. The molecule has 0 unspecified atom stereocenters. The van der Waals surface area contributed by atoms with E-state index in [4.69, 9.17) is 0 Å². The van der Waals surface area contributed by atoms with Gasteiger partial charge in [0.25, 0.3) is 5.56 Å². The number of H-pyrrole nitrogens is 1. The molecule has 0 amide bonds. The van der Waals surface area contributed by atoms with E-state index < -0.39 is 21.3 Å². The van der Waals surface area contributed by atoms with Crippen molar-refractivity contribution in [3.8, 4) is 0 Å². The van der Waals surface area contributed by atoms with Crippen LogP contribution >= 0.6 is 0 Å². The summed E-state index contributed by atoms with van der Waals surface area (Å²) in [6, 6.07) is 7.37. The minimum Gasteiger partial charge on any atom is -0.325 e. The predicted molar refractivity (Wildman–Crippen MR) is 118 cm³/mol. The lowest BCUT2D eigenvalue weighted by Gasteiger charge is -2.12. The van der Waals surface area contributed by atoms with Crippen molar-refractivity contribution in [1.29, 1.82) is 0 Å². The number of fused-ring (bicyclic) bond motifs is 1. The van der Waals surface area contributed by atoms with Crippen LogP contribution in [0.15, 0.2) is 40.2 Å². The number of imidazole rings is 1. The molecule has 10 heteroatoms. The molecule has 2 aromatic heterocycles. The highest BCUT2D eigenvalue weighted by molar-refractivity contribution is 7.89. The fraction of sp³-hybridized carbons (Fsp3) is 0.476. The lowest BCUT2D eigenvalue weighted by molar-refractivity contribution is 0.547. The number of nitrogens with one attached hydrogen (secondary N) is 2. The molecule has 1 saturated carbocycles. The van der Waals surface area contributed by atoms with Gasteiger partial charge >= 0.3 is 5.69 Å². The number of sulfonamides is 1. The van der Waals surface area contributed by atoms with Crippen molar-refractivity contribution in [2.75, 3.05) is 5.75 Å². The van der Waals surface area contributed by atoms with Gasteiger partial charge in [0.05, 0.1) is 18.6 Å². The van der Waals surface area contributed by atoms with Crippen LogP contribution in [-0.2, 0) is 29.7 Å². The summed E-state index contributed by atoms with van der Waals surface area (Å²) in [6.45, 7) is 2.96. The van der Waals surface area contributed by atoms with Crippen LogP contribution in [-0.4, -0.2) is 33.3 Å². The number of hydrogen-bond donors (Lipinski definition) is 2. The van der Waals surface area contributed by atoms with Crippen molar-refractivity contribution in [3.05, 3.63) is 62.6 Å². The number of benzene rings is 1. The molecule has 31 heavy (non-hydrogen) atoms. The zero-order valence-corrected chi connectivity index (χ0v) is 18.3. The quantitative estimate of drug-likeness (QED) is 0.545. The molecule has 1 aliphatic carbocycles. The topological polar surface area (TPSA) is 119 Å². The Morgan fingerprint density at radius 2 is 1.81 bits per heavy atom. The summed E-state index contributed by atoms with van der Waals surface area (Å²) in [5, 5.41) is 0. The van der Waals surface area contributed by atoms with Gasteiger partial charge in [0.1, 0.15) is 0 Å². The maximum absolute atomic E-state index is 12.4. The van der Waals surface area contributed by atoms with Crippen LogP contribution in [0.5, 0.6) is 0 Å². The molecule has 4 rings (SSSR count). The number of hydrogen-bond acceptors (Lipinski definition) is 5. The predicted octanol–water partition coefficient (Wildman–Crippen LogP) is 1.56. The van der Waals surface area contributed by atoms with Crippen LogP contribution in [0.1, 0.15) is 43.7 Å². The Hall–Kier alpha value is -2.72. The lowest BCUT2D eigenvalue weighted by Crippen LogP contribution is -2.31. The summed E-state index contributed by atoms with van der Waals surface area (Å²) in [7, 11) is -3.30. The van der Waals surface area contributed by atoms with E-state index in [-0.39, 0.29) is 24.8 Å². The average molecular weight is 446 g/mol. The molecule has 2 N–H and O–H groups in total. The average Bonchev–Trinajstić information content (AvgIpc) is 3.40. The summed E-state index contributed by atoms with van der Waals surface area (Å²) in [5.41, 5.74) is 1.44. The second kappa shape index (κ2) is 8.80. The highest BCUT2D eigenvalue weighted by Gasteiger charge is 2.22. The molecule has 1 aromatic carbocycles. The largest absolute Gasteiger partial charge is 0.330 e. The molecule has 1 aliphatic rings. The first-order valence-corrected chi connectivity index (χ1v) is 12.2. The number of rotatable bonds is 8. The molecule has 0 radical (unpaired) electrons. The molecule has 1 fully saturated rings. The Bertz CT molecular complexity index is 1280. The van der Waals surface area contributed by atoms with Crippen molar-refractivity contribution >= 4 is 21.2 Å². The smallest absolute Gasteiger partial charge is 0.325 e. The molecule has 0 atom stereocenters. The Morgan fingerprint density at radius 3 is 2.48 bits per heavy atom. The zero-order valence-electron chi connectivity index (χ0n) is 17.5. The van der Waals surface area contributed by atoms with E-state index in [1.165, 1.54) is 4.57 Å². The van der Waals surface area contributed by atoms with Gasteiger partial charge in [-0.1, -0.05) is 37.1 Å². The van der Waals surface area contributed by atoms with Gasteiger partial charge in [0, 0.05) is 13.1 Å². The third kappa shape index (κ3) is 4.80. The molecular weight excluding hydrogens is 418 g/mol. The maximum atomic E-state index is 12.4. The molecule has 0 bridgehead atoms. The number of aromatic nitrogens is 4. The van der Waals surface area contributed by atoms with Crippen LogP contribution in [0, 0.1) is 5.92 Å². The van der Waals surface area contributed by atoms with Gasteiger partial charge in [-0.3, -0.25) is 14.3 Å². The third-order valence-electron chi connectivity index (χ3n) is 5.89. The van der Waals surface area contributed by atoms with Gasteiger partial charge in [0.15, 0.2) is 11.2 Å². The maximum Gasteiger partial charge on any atom is 0.330 e. The summed E-state index contributed by atoms with van der Waals surface area (Å²) >= 11 is 0. The van der Waals surface area contributed by atoms with Crippen LogP contribution in [0.2, 0.25) is 0 Å². The number of aromatic amines is 1. The first kappa shape index (κ1) is 21.5. The van der Waals surface area contributed by atoms with E-state index >= 15 is 0 Å². The van der Waals surface area contributed by atoms with Gasteiger partial charge in [-0.25, -0.2) is 22.9 Å². The molecule has 166 valence electrons. The first-order chi connectivity index (χ1) is 14.9. The van der Waals surface area contributed by atoms with Crippen molar-refractivity contribution in [3.63, 3.8) is 0 Å². The van der Waals surface area contributed by atoms with Crippen LogP contribution in [0.25, 0.3) is 11.2 Å². The summed E-state index contributed by atoms with van der Waals surface area (Å²) in [4.78, 5) is 31.1. The van der Waals surface area contributed by atoms with E-state index in [2.05, 4.69) is 14.7 Å². The van der Waals surface area contributed by atoms with Crippen molar-refractivity contribution in [2.24, 2.45) is 5.92 Å². The molecule has 9 nitrogen and oxygen atoms in total. The highest BCUT2D eigenvalue weighted by atomic mass is 32.2. The minimum absolute atomic E-state index is 0.195. The SMILES string of the molecule is CCn1cnc2c1c(=O)[nH]c(=O)n2Cc1ccc(CNS(=O)(=O)CC2CCCC2)cc1. The molecule has 0 saturated heterocycles. The van der Waals surface area contributed by atoms with E-state index in [1.807, 2.05) is 31.2 Å². The number of nitrogens with zero attached hydrogens (tertiary/aromatic N) is 3. The van der Waals surface area contributed by atoms with E-state index in [0.717, 1.165) is 36.8 Å². The van der Waals surface area contributed by atoms with Gasteiger partial charge in [-0.2, -0.15) is 0 Å². The van der Waals surface area contributed by atoms with Gasteiger partial charge in [-0.15, -0.1) is 0 Å². The number of aryl methyl sites for hydroxylation is 1. The Labute approximate surface area is 180 Å². The first-order valence-electron chi connectivity index (χ1n) is 10.6. The van der Waals surface area contributed by atoms with Crippen molar-refractivity contribution < 1.29 is 8.42 Å². The van der Waals surface area contributed by atoms with E-state index in [1.54, 1.807) is 10.9 Å². The standard InChI is InChI=1S/C21H27N5O4S/c1-2-25-14-22-19-18(25)20(27)24-21(28)26(19)12-16-9-7-15(8-10-16)11-23-31(29,30)13-17-5-3-4-6-17/h7-10,14,17,23H,2-6,11-13H2,1H3,(H,24,27,28). The van der Waals surface area contributed by atoms with Gasteiger partial charge in [0.2, 0.25) is 10.0 Å². The zero-order chi connectivity index (χ0) is 22.0. The van der Waals surface area contributed by atoms with Crippen molar-refractivity contribution in [1.82, 2.24) is 23.8 Å². The van der Waals surface area contributed by atoms with Crippen LogP contribution in [0.4, 0.5) is 0 Å². The van der Waals surface area contributed by atoms with Gasteiger partial charge in [-0.05, 0) is 36.8 Å². The van der Waals surface area contributed by atoms with Crippen molar-refractivity contribution in [2.45, 2.75) is 52.2 Å². The molecular formula is C21H27N5O4S. The van der Waals surface area contributed by atoms with E-state index in [0.29, 0.717) is 17.7 Å². The monoisotopic (exact) mass is 445 g/mol. The second-order valence-corrected chi connectivity index (χ2v) is 9.97. The lowest BCUT2D eigenvalue weighted by atomic mass is 10.1.